The zero-order valence-corrected chi connectivity index (χ0v) is 19.8. The van der Waals surface area contributed by atoms with Gasteiger partial charge >= 0.3 is 12.1 Å². The van der Waals surface area contributed by atoms with Crippen LogP contribution in [0.5, 0.6) is 0 Å². The molecule has 2 fully saturated rings. The number of benzene rings is 2. The monoisotopic (exact) mass is 476 g/mol. The maximum atomic E-state index is 13.0. The number of aliphatic carboxylic acids is 1. The van der Waals surface area contributed by atoms with E-state index in [2.05, 4.69) is 34.9 Å². The average molecular weight is 477 g/mol. The lowest BCUT2D eigenvalue weighted by Gasteiger charge is -2.37. The van der Waals surface area contributed by atoms with E-state index in [1.807, 2.05) is 24.3 Å². The van der Waals surface area contributed by atoms with Gasteiger partial charge in [0.05, 0.1) is 5.54 Å². The molecule has 5 rings (SSSR count). The van der Waals surface area contributed by atoms with Gasteiger partial charge in [-0.1, -0.05) is 67.8 Å². The molecule has 2 aromatic rings. The summed E-state index contributed by atoms with van der Waals surface area (Å²) in [6.07, 6.45) is 5.38. The lowest BCUT2D eigenvalue weighted by Crippen LogP contribution is -2.54. The van der Waals surface area contributed by atoms with Crippen molar-refractivity contribution in [1.29, 1.82) is 0 Å². The van der Waals surface area contributed by atoms with Crippen LogP contribution in [0.4, 0.5) is 4.79 Å². The Kier molecular flexibility index (Phi) is 6.50. The minimum atomic E-state index is -0.997. The molecule has 2 amide bonds. The van der Waals surface area contributed by atoms with Crippen LogP contribution in [0.3, 0.4) is 0 Å². The predicted octanol–water partition coefficient (Wildman–Crippen LogP) is 4.60. The molecule has 0 radical (unpaired) electrons. The first-order chi connectivity index (χ1) is 17.0. The molecular weight excluding hydrogens is 444 g/mol. The highest BCUT2D eigenvalue weighted by Gasteiger charge is 2.41. The van der Waals surface area contributed by atoms with E-state index in [4.69, 9.17) is 4.74 Å². The van der Waals surface area contributed by atoms with E-state index in [1.165, 1.54) is 11.1 Å². The molecule has 3 N–H and O–H groups in total. The Hall–Kier alpha value is -3.35. The van der Waals surface area contributed by atoms with E-state index in [0.29, 0.717) is 12.8 Å². The Morgan fingerprint density at radius 2 is 1.54 bits per heavy atom. The maximum Gasteiger partial charge on any atom is 0.407 e. The third kappa shape index (κ3) is 5.04. The number of nitrogens with one attached hydrogen (secondary N) is 2. The molecule has 1 unspecified atom stereocenters. The van der Waals surface area contributed by atoms with E-state index in [0.717, 1.165) is 43.2 Å². The van der Waals surface area contributed by atoms with Crippen molar-refractivity contribution in [3.63, 3.8) is 0 Å². The van der Waals surface area contributed by atoms with Crippen LogP contribution in [0.15, 0.2) is 48.5 Å². The summed E-state index contributed by atoms with van der Waals surface area (Å²) in [6, 6.07) is 15.5. The van der Waals surface area contributed by atoms with Gasteiger partial charge in [0.1, 0.15) is 12.6 Å². The Labute approximate surface area is 205 Å². The van der Waals surface area contributed by atoms with Gasteiger partial charge in [0, 0.05) is 12.3 Å². The summed E-state index contributed by atoms with van der Waals surface area (Å²) in [5.41, 5.74) is 3.92. The number of amides is 2. The predicted molar refractivity (Wildman–Crippen MR) is 131 cm³/mol. The molecule has 1 atom stereocenters. The van der Waals surface area contributed by atoms with Gasteiger partial charge in [0.25, 0.3) is 0 Å². The van der Waals surface area contributed by atoms with E-state index in [-0.39, 0.29) is 30.8 Å². The first-order valence-corrected chi connectivity index (χ1v) is 12.6. The normalized spacial score (nSPS) is 19.2. The fourth-order valence-electron chi connectivity index (χ4n) is 5.77. The molecule has 7 heteroatoms. The third-order valence-electron chi connectivity index (χ3n) is 7.70. The first-order valence-electron chi connectivity index (χ1n) is 12.6. The molecule has 0 aromatic heterocycles. The summed E-state index contributed by atoms with van der Waals surface area (Å²) < 4.78 is 5.74. The number of carbonyl (C=O) groups is 3. The van der Waals surface area contributed by atoms with Crippen LogP contribution in [0.25, 0.3) is 11.1 Å². The Morgan fingerprint density at radius 3 is 2.11 bits per heavy atom. The van der Waals surface area contributed by atoms with Gasteiger partial charge in [0.2, 0.25) is 5.91 Å². The molecule has 3 aliphatic carbocycles. The SMILES string of the molecule is O=C(CC1(NC(=O)OCC2c3ccccc3-c3ccccc32)CCCCC1)NC(C(=O)O)C1CC1. The number of ether oxygens (including phenoxy) is 1. The molecule has 35 heavy (non-hydrogen) atoms. The molecule has 184 valence electrons. The van der Waals surface area contributed by atoms with Gasteiger partial charge in [-0.05, 0) is 53.9 Å². The molecule has 0 heterocycles. The number of carboxylic acids is 1. The zero-order chi connectivity index (χ0) is 24.4. The van der Waals surface area contributed by atoms with Gasteiger partial charge in [-0.3, -0.25) is 4.79 Å². The van der Waals surface area contributed by atoms with Gasteiger partial charge in [-0.25, -0.2) is 9.59 Å². The molecule has 2 saturated carbocycles. The van der Waals surface area contributed by atoms with Crippen LogP contribution in [0.2, 0.25) is 0 Å². The zero-order valence-electron chi connectivity index (χ0n) is 19.8. The fourth-order valence-corrected chi connectivity index (χ4v) is 5.77. The van der Waals surface area contributed by atoms with Crippen LogP contribution in [0, 0.1) is 5.92 Å². The minimum absolute atomic E-state index is 0.00819. The fraction of sp³-hybridized carbons (Fsp3) is 0.464. The number of rotatable bonds is 8. The molecule has 0 bridgehead atoms. The second-order valence-corrected chi connectivity index (χ2v) is 10.2. The molecule has 0 saturated heterocycles. The number of carbonyl (C=O) groups excluding carboxylic acids is 2. The van der Waals surface area contributed by atoms with E-state index in [1.54, 1.807) is 0 Å². The summed E-state index contributed by atoms with van der Waals surface area (Å²) in [6.45, 7) is 0.213. The van der Waals surface area contributed by atoms with Crippen molar-refractivity contribution in [1.82, 2.24) is 10.6 Å². The second-order valence-electron chi connectivity index (χ2n) is 10.2. The standard InChI is InChI=1S/C28H32N2O5/c31-24(29-25(26(32)33)18-12-13-18)16-28(14-6-1-7-15-28)30-27(34)35-17-23-21-10-4-2-8-19(21)20-9-3-5-11-22(20)23/h2-5,8-11,18,23,25H,1,6-7,12-17H2,(H,29,31)(H,30,34)(H,32,33). The average Bonchev–Trinajstić information content (AvgIpc) is 3.64. The highest BCUT2D eigenvalue weighted by molar-refractivity contribution is 5.85. The third-order valence-corrected chi connectivity index (χ3v) is 7.70. The minimum Gasteiger partial charge on any atom is -0.480 e. The molecule has 0 spiro atoms. The number of alkyl carbamates (subject to hydrolysis) is 1. The lowest BCUT2D eigenvalue weighted by atomic mass is 9.79. The van der Waals surface area contributed by atoms with E-state index < -0.39 is 23.6 Å². The van der Waals surface area contributed by atoms with Crippen LogP contribution >= 0.6 is 0 Å². The first kappa shape index (κ1) is 23.4. The molecule has 7 nitrogen and oxygen atoms in total. The van der Waals surface area contributed by atoms with Gasteiger partial charge in [0.15, 0.2) is 0 Å². The molecular formula is C28H32N2O5. The smallest absolute Gasteiger partial charge is 0.407 e. The van der Waals surface area contributed by atoms with Gasteiger partial charge in [-0.2, -0.15) is 0 Å². The summed E-state index contributed by atoms with van der Waals surface area (Å²) in [5, 5.41) is 15.2. The molecule has 3 aliphatic rings. The van der Waals surface area contributed by atoms with Crippen LogP contribution in [0.1, 0.15) is 68.4 Å². The molecule has 2 aromatic carbocycles. The van der Waals surface area contributed by atoms with Crippen molar-refractivity contribution in [3.8, 4) is 11.1 Å². The van der Waals surface area contributed by atoms with Crippen molar-refractivity contribution >= 4 is 18.0 Å². The Balaban J connectivity index is 1.24. The van der Waals surface area contributed by atoms with Crippen LogP contribution in [-0.2, 0) is 14.3 Å². The summed E-state index contributed by atoms with van der Waals surface area (Å²) in [5.74, 6) is -1.35. The lowest BCUT2D eigenvalue weighted by molar-refractivity contribution is -0.142. The Bertz CT molecular complexity index is 1070. The molecule has 0 aliphatic heterocycles. The van der Waals surface area contributed by atoms with Crippen molar-refractivity contribution in [2.24, 2.45) is 5.92 Å². The number of carboxylic acid groups (broad SMARTS) is 1. The van der Waals surface area contributed by atoms with E-state index in [9.17, 15) is 19.5 Å². The second kappa shape index (κ2) is 9.72. The summed E-state index contributed by atoms with van der Waals surface area (Å²) >= 11 is 0. The van der Waals surface area contributed by atoms with E-state index >= 15 is 0 Å². The van der Waals surface area contributed by atoms with Crippen molar-refractivity contribution < 1.29 is 24.2 Å². The highest BCUT2D eigenvalue weighted by atomic mass is 16.5. The van der Waals surface area contributed by atoms with Gasteiger partial charge < -0.3 is 20.5 Å². The van der Waals surface area contributed by atoms with Gasteiger partial charge in [-0.15, -0.1) is 0 Å². The number of hydrogen-bond donors (Lipinski definition) is 3. The van der Waals surface area contributed by atoms with Crippen LogP contribution in [-0.4, -0.2) is 41.3 Å². The number of hydrogen-bond acceptors (Lipinski definition) is 4. The summed E-state index contributed by atoms with van der Waals surface area (Å²) in [7, 11) is 0. The Morgan fingerprint density at radius 1 is 0.943 bits per heavy atom. The van der Waals surface area contributed by atoms with Crippen LogP contribution < -0.4 is 10.6 Å². The van der Waals surface area contributed by atoms with Crippen molar-refractivity contribution in [3.05, 3.63) is 59.7 Å². The largest absolute Gasteiger partial charge is 0.480 e. The highest BCUT2D eigenvalue weighted by Crippen LogP contribution is 2.44. The topological polar surface area (TPSA) is 105 Å². The van der Waals surface area contributed by atoms with Crippen molar-refractivity contribution in [2.75, 3.05) is 6.61 Å². The van der Waals surface area contributed by atoms with Crippen molar-refractivity contribution in [2.45, 2.75) is 68.9 Å². The quantitative estimate of drug-likeness (QED) is 0.517. The maximum absolute atomic E-state index is 13.0. The summed E-state index contributed by atoms with van der Waals surface area (Å²) in [4.78, 5) is 37.3. The number of fused-ring (bicyclic) bond motifs is 3.